The number of aromatic nitrogens is 2. The Morgan fingerprint density at radius 2 is 2.04 bits per heavy atom. The van der Waals surface area contributed by atoms with Crippen LogP contribution in [0, 0.1) is 5.41 Å². The molecule has 1 aromatic carbocycles. The maximum absolute atomic E-state index is 6.23. The summed E-state index contributed by atoms with van der Waals surface area (Å²) in [5.74, 6) is 0. The molecule has 2 heterocycles. The quantitative estimate of drug-likeness (QED) is 0.882. The minimum Gasteiger partial charge on any atom is -0.327 e. The van der Waals surface area contributed by atoms with Crippen molar-refractivity contribution in [1.82, 2.24) is 15.1 Å². The second-order valence-corrected chi connectivity index (χ2v) is 7.31. The fourth-order valence-electron chi connectivity index (χ4n) is 3.16. The third-order valence-corrected chi connectivity index (χ3v) is 4.89. The zero-order valence-corrected chi connectivity index (χ0v) is 15.1. The van der Waals surface area contributed by atoms with Crippen LogP contribution >= 0.6 is 24.0 Å². The predicted molar refractivity (Wildman–Crippen MR) is 97.9 cm³/mol. The van der Waals surface area contributed by atoms with E-state index in [0.717, 1.165) is 42.3 Å². The van der Waals surface area contributed by atoms with E-state index in [0.29, 0.717) is 0 Å². The molecule has 1 aliphatic heterocycles. The summed E-state index contributed by atoms with van der Waals surface area (Å²) in [7, 11) is 0. The third-order valence-electron chi connectivity index (χ3n) is 4.64. The Hall–Kier alpha value is -1.07. The summed E-state index contributed by atoms with van der Waals surface area (Å²) in [5, 5.41) is 8.09. The van der Waals surface area contributed by atoms with Crippen LogP contribution in [0.1, 0.15) is 25.8 Å². The lowest BCUT2D eigenvalue weighted by atomic mass is 9.79. The first kappa shape index (κ1) is 18.3. The van der Waals surface area contributed by atoms with Gasteiger partial charge >= 0.3 is 0 Å². The molecule has 0 amide bonds. The van der Waals surface area contributed by atoms with Gasteiger partial charge in [0, 0.05) is 36.3 Å². The van der Waals surface area contributed by atoms with E-state index in [-0.39, 0.29) is 23.9 Å². The van der Waals surface area contributed by atoms with Crippen molar-refractivity contribution in [3.05, 3.63) is 41.0 Å². The third kappa shape index (κ3) is 4.07. The van der Waals surface area contributed by atoms with Crippen LogP contribution in [-0.4, -0.2) is 34.2 Å². The van der Waals surface area contributed by atoms with Crippen molar-refractivity contribution in [3.63, 3.8) is 0 Å². The molecular weight excluding hydrogens is 331 g/mol. The van der Waals surface area contributed by atoms with Crippen LogP contribution in [0.4, 0.5) is 0 Å². The van der Waals surface area contributed by atoms with E-state index in [1.807, 2.05) is 30.5 Å². The number of benzene rings is 1. The average molecular weight is 355 g/mol. The van der Waals surface area contributed by atoms with Gasteiger partial charge in [-0.15, -0.1) is 12.4 Å². The van der Waals surface area contributed by atoms with Gasteiger partial charge in [0.1, 0.15) is 0 Å². The van der Waals surface area contributed by atoms with E-state index < -0.39 is 0 Å². The molecule has 3 N–H and O–H groups in total. The summed E-state index contributed by atoms with van der Waals surface area (Å²) in [6, 6.07) is 8.14. The second kappa shape index (κ2) is 7.22. The van der Waals surface area contributed by atoms with Crippen LogP contribution < -0.4 is 5.73 Å². The number of H-pyrrole nitrogens is 1. The molecule has 0 spiro atoms. The molecule has 1 saturated heterocycles. The second-order valence-electron chi connectivity index (χ2n) is 6.87. The van der Waals surface area contributed by atoms with Crippen molar-refractivity contribution >= 4 is 24.0 Å². The Morgan fingerprint density at radius 1 is 1.35 bits per heavy atom. The number of hydrogen-bond donors (Lipinski definition) is 2. The van der Waals surface area contributed by atoms with Gasteiger partial charge < -0.3 is 5.73 Å². The number of hydrogen-bond acceptors (Lipinski definition) is 3. The van der Waals surface area contributed by atoms with E-state index >= 15 is 0 Å². The van der Waals surface area contributed by atoms with Crippen LogP contribution in [0.25, 0.3) is 11.3 Å². The summed E-state index contributed by atoms with van der Waals surface area (Å²) in [6.45, 7) is 7.44. The van der Waals surface area contributed by atoms with E-state index in [1.165, 1.54) is 5.56 Å². The molecule has 1 fully saturated rings. The zero-order valence-electron chi connectivity index (χ0n) is 13.6. The molecule has 4 nitrogen and oxygen atoms in total. The van der Waals surface area contributed by atoms with Crippen molar-refractivity contribution < 1.29 is 0 Å². The Bertz CT molecular complexity index is 636. The highest BCUT2D eigenvalue weighted by molar-refractivity contribution is 6.30. The molecule has 23 heavy (non-hydrogen) atoms. The number of nitrogens with two attached hydrogens (primary N) is 1. The molecule has 6 heteroatoms. The summed E-state index contributed by atoms with van der Waals surface area (Å²) in [5.41, 5.74) is 9.79. The van der Waals surface area contributed by atoms with E-state index in [9.17, 15) is 0 Å². The Kier molecular flexibility index (Phi) is 5.74. The lowest BCUT2D eigenvalue weighted by Gasteiger charge is -2.42. The molecule has 1 unspecified atom stereocenters. The van der Waals surface area contributed by atoms with Gasteiger partial charge in [-0.25, -0.2) is 0 Å². The Balaban J connectivity index is 0.00000192. The molecule has 1 atom stereocenters. The number of likely N-dealkylation sites (tertiary alicyclic amines) is 1. The van der Waals surface area contributed by atoms with Gasteiger partial charge in [0.2, 0.25) is 0 Å². The minimum atomic E-state index is 0. The lowest BCUT2D eigenvalue weighted by Crippen LogP contribution is -2.52. The topological polar surface area (TPSA) is 57.9 Å². The number of piperidine rings is 1. The maximum atomic E-state index is 6.23. The summed E-state index contributed by atoms with van der Waals surface area (Å²) in [6.07, 6.45) is 2.96. The molecule has 1 aliphatic rings. The van der Waals surface area contributed by atoms with Gasteiger partial charge in [-0.3, -0.25) is 10.00 Å². The fraction of sp³-hybridized carbons (Fsp3) is 0.471. The number of aromatic amines is 1. The van der Waals surface area contributed by atoms with Crippen LogP contribution in [0.5, 0.6) is 0 Å². The van der Waals surface area contributed by atoms with Crippen molar-refractivity contribution in [2.24, 2.45) is 11.1 Å². The SMILES string of the molecule is CC1(C)CN(Cc2cn[nH]c2-c2ccc(Cl)cc2)CCC1N.Cl. The van der Waals surface area contributed by atoms with E-state index in [1.54, 1.807) is 0 Å². The number of nitrogens with one attached hydrogen (secondary N) is 1. The smallest absolute Gasteiger partial charge is 0.0695 e. The van der Waals surface area contributed by atoms with Gasteiger partial charge in [-0.2, -0.15) is 5.10 Å². The highest BCUT2D eigenvalue weighted by Crippen LogP contribution is 2.30. The molecule has 0 aliphatic carbocycles. The van der Waals surface area contributed by atoms with Gasteiger partial charge in [-0.05, 0) is 29.5 Å². The van der Waals surface area contributed by atoms with Crippen molar-refractivity contribution in [2.75, 3.05) is 13.1 Å². The Morgan fingerprint density at radius 3 is 2.70 bits per heavy atom. The fourth-order valence-corrected chi connectivity index (χ4v) is 3.28. The van der Waals surface area contributed by atoms with E-state index in [4.69, 9.17) is 17.3 Å². The largest absolute Gasteiger partial charge is 0.327 e. The number of nitrogens with zero attached hydrogens (tertiary/aromatic N) is 2. The van der Waals surface area contributed by atoms with Crippen LogP contribution in [0.3, 0.4) is 0 Å². The average Bonchev–Trinajstić information content (AvgIpc) is 2.92. The summed E-state index contributed by atoms with van der Waals surface area (Å²) < 4.78 is 0. The summed E-state index contributed by atoms with van der Waals surface area (Å²) in [4.78, 5) is 2.47. The molecule has 2 aromatic rings. The van der Waals surface area contributed by atoms with Crippen molar-refractivity contribution in [1.29, 1.82) is 0 Å². The van der Waals surface area contributed by atoms with Crippen molar-refractivity contribution in [2.45, 2.75) is 32.9 Å². The van der Waals surface area contributed by atoms with Gasteiger partial charge in [0.05, 0.1) is 11.9 Å². The molecule has 1 aromatic heterocycles. The van der Waals surface area contributed by atoms with Crippen LogP contribution in [0.15, 0.2) is 30.5 Å². The normalized spacial score (nSPS) is 21.0. The van der Waals surface area contributed by atoms with Crippen LogP contribution in [0.2, 0.25) is 5.02 Å². The zero-order chi connectivity index (χ0) is 15.7. The van der Waals surface area contributed by atoms with E-state index in [2.05, 4.69) is 28.9 Å². The maximum Gasteiger partial charge on any atom is 0.0695 e. The molecule has 126 valence electrons. The molecular formula is C17H24Cl2N4. The van der Waals surface area contributed by atoms with Gasteiger partial charge in [0.25, 0.3) is 0 Å². The number of halogens is 2. The highest BCUT2D eigenvalue weighted by Gasteiger charge is 2.33. The number of rotatable bonds is 3. The highest BCUT2D eigenvalue weighted by atomic mass is 35.5. The Labute approximate surface area is 148 Å². The summed E-state index contributed by atoms with van der Waals surface area (Å²) >= 11 is 5.97. The predicted octanol–water partition coefficient (Wildman–Crippen LogP) is 3.71. The molecule has 0 radical (unpaired) electrons. The van der Waals surface area contributed by atoms with Crippen molar-refractivity contribution in [3.8, 4) is 11.3 Å². The first-order valence-corrected chi connectivity index (χ1v) is 8.09. The molecule has 0 bridgehead atoms. The first-order valence-electron chi connectivity index (χ1n) is 7.72. The monoisotopic (exact) mass is 354 g/mol. The van der Waals surface area contributed by atoms with Crippen LogP contribution in [-0.2, 0) is 6.54 Å². The van der Waals surface area contributed by atoms with Gasteiger partial charge in [-0.1, -0.05) is 37.6 Å². The van der Waals surface area contributed by atoms with Gasteiger partial charge in [0.15, 0.2) is 0 Å². The standard InChI is InChI=1S/C17H23ClN4.ClH/c1-17(2)11-22(8-7-15(17)19)10-13-9-20-21-16(13)12-3-5-14(18)6-4-12;/h3-6,9,15H,7-8,10-11,19H2,1-2H3,(H,20,21);1H. The molecule has 3 rings (SSSR count). The lowest BCUT2D eigenvalue weighted by molar-refractivity contribution is 0.0900. The minimum absolute atomic E-state index is 0. The molecule has 0 saturated carbocycles. The first-order chi connectivity index (χ1) is 10.5.